The van der Waals surface area contributed by atoms with E-state index in [9.17, 15) is 23.1 Å². The smallest absolute Gasteiger partial charge is 0.314 e. The Kier molecular flexibility index (Phi) is 13.0. The predicted molar refractivity (Wildman–Crippen MR) is 127 cm³/mol. The zero-order valence-electron chi connectivity index (χ0n) is 19.3. The first kappa shape index (κ1) is 29.5. The third kappa shape index (κ3) is 9.78. The van der Waals surface area contributed by atoms with Crippen LogP contribution in [0.3, 0.4) is 0 Å². The standard InChI is InChI=1S/C20H39IN2O6S/c1-8-16(14(3)21)13-18(25)22-15(4)23(30(7,27)28)12-10-11-17(24)20(5,6)19(26)29-9-2/h14-17,24H,8-13H2,1-7H3,(H,22,25). The Morgan fingerprint density at radius 3 is 2.23 bits per heavy atom. The van der Waals surface area contributed by atoms with Crippen LogP contribution in [0.4, 0.5) is 0 Å². The molecule has 2 N–H and O–H groups in total. The van der Waals surface area contributed by atoms with Crippen LogP contribution in [0, 0.1) is 11.3 Å². The number of amides is 1. The monoisotopic (exact) mass is 562 g/mol. The highest BCUT2D eigenvalue weighted by atomic mass is 127. The molecule has 30 heavy (non-hydrogen) atoms. The Balaban J connectivity index is 4.96. The summed E-state index contributed by atoms with van der Waals surface area (Å²) in [6.45, 7) is 11.0. The number of nitrogens with zero attached hydrogens (tertiary/aromatic N) is 1. The first-order chi connectivity index (χ1) is 13.7. The molecule has 0 fully saturated rings. The number of nitrogens with one attached hydrogen (secondary N) is 1. The van der Waals surface area contributed by atoms with Gasteiger partial charge in [0.2, 0.25) is 15.9 Å². The first-order valence-electron chi connectivity index (χ1n) is 10.4. The number of ether oxygens (including phenoxy) is 1. The third-order valence-corrected chi connectivity index (χ3v) is 7.71. The summed E-state index contributed by atoms with van der Waals surface area (Å²) in [6, 6.07) is 0. The summed E-state index contributed by atoms with van der Waals surface area (Å²) in [7, 11) is -3.57. The molecule has 0 saturated carbocycles. The van der Waals surface area contributed by atoms with Crippen molar-refractivity contribution >= 4 is 44.5 Å². The molecule has 0 aliphatic heterocycles. The lowest BCUT2D eigenvalue weighted by molar-refractivity contribution is -0.160. The van der Waals surface area contributed by atoms with Gasteiger partial charge in [-0.1, -0.05) is 42.9 Å². The molecule has 0 aromatic carbocycles. The molecule has 0 aliphatic rings. The number of hydrogen-bond acceptors (Lipinski definition) is 6. The van der Waals surface area contributed by atoms with Crippen molar-refractivity contribution in [2.24, 2.45) is 11.3 Å². The molecule has 4 atom stereocenters. The zero-order chi connectivity index (χ0) is 23.7. The molecule has 0 aromatic heterocycles. The molecule has 0 heterocycles. The van der Waals surface area contributed by atoms with Crippen LogP contribution in [0.25, 0.3) is 0 Å². The molecule has 10 heteroatoms. The minimum atomic E-state index is -3.57. The number of sulfonamides is 1. The number of halogens is 1. The van der Waals surface area contributed by atoms with Gasteiger partial charge in [0.05, 0.1) is 30.5 Å². The molecular weight excluding hydrogens is 523 g/mol. The molecule has 1 amide bonds. The summed E-state index contributed by atoms with van der Waals surface area (Å²) >= 11 is 2.30. The van der Waals surface area contributed by atoms with E-state index in [1.807, 2.05) is 6.92 Å². The van der Waals surface area contributed by atoms with Crippen LogP contribution in [0.1, 0.15) is 67.2 Å². The summed E-state index contributed by atoms with van der Waals surface area (Å²) in [5.74, 6) is -0.451. The summed E-state index contributed by atoms with van der Waals surface area (Å²) in [5, 5.41) is 13.2. The fourth-order valence-corrected chi connectivity index (χ4v) is 4.99. The van der Waals surface area contributed by atoms with Gasteiger partial charge < -0.3 is 15.2 Å². The quantitative estimate of drug-likeness (QED) is 0.146. The Morgan fingerprint density at radius 2 is 1.80 bits per heavy atom. The average molecular weight is 563 g/mol. The minimum Gasteiger partial charge on any atom is -0.466 e. The molecule has 4 unspecified atom stereocenters. The van der Waals surface area contributed by atoms with E-state index in [-0.39, 0.29) is 31.4 Å². The number of hydrogen-bond donors (Lipinski definition) is 2. The van der Waals surface area contributed by atoms with Crippen molar-refractivity contribution in [3.05, 3.63) is 0 Å². The Bertz CT molecular complexity index is 654. The minimum absolute atomic E-state index is 0.121. The van der Waals surface area contributed by atoms with Gasteiger partial charge in [0, 0.05) is 16.9 Å². The average Bonchev–Trinajstić information content (AvgIpc) is 2.61. The van der Waals surface area contributed by atoms with Crippen LogP contribution in [0.2, 0.25) is 0 Å². The molecule has 0 rings (SSSR count). The van der Waals surface area contributed by atoms with E-state index in [2.05, 4.69) is 34.8 Å². The molecule has 0 aromatic rings. The van der Waals surface area contributed by atoms with Gasteiger partial charge in [0.25, 0.3) is 0 Å². The van der Waals surface area contributed by atoms with Crippen LogP contribution in [-0.2, 0) is 24.3 Å². The number of carbonyl (C=O) groups excluding carboxylic acids is 2. The number of rotatable bonds is 14. The van der Waals surface area contributed by atoms with Crippen molar-refractivity contribution in [2.75, 3.05) is 19.4 Å². The number of alkyl halides is 1. The molecule has 0 radical (unpaired) electrons. The second kappa shape index (κ2) is 13.2. The Labute approximate surface area is 195 Å². The van der Waals surface area contributed by atoms with Crippen LogP contribution >= 0.6 is 22.6 Å². The first-order valence-corrected chi connectivity index (χ1v) is 13.5. The molecule has 0 spiro atoms. The number of carbonyl (C=O) groups is 2. The van der Waals surface area contributed by atoms with E-state index in [1.165, 1.54) is 4.31 Å². The lowest BCUT2D eigenvalue weighted by Crippen LogP contribution is -2.49. The summed E-state index contributed by atoms with van der Waals surface area (Å²) in [4.78, 5) is 24.4. The van der Waals surface area contributed by atoms with Gasteiger partial charge >= 0.3 is 5.97 Å². The van der Waals surface area contributed by atoms with Gasteiger partial charge in [-0.05, 0) is 46.5 Å². The highest BCUT2D eigenvalue weighted by molar-refractivity contribution is 14.1. The fourth-order valence-electron chi connectivity index (χ4n) is 3.13. The van der Waals surface area contributed by atoms with Crippen LogP contribution in [0.15, 0.2) is 0 Å². The van der Waals surface area contributed by atoms with Gasteiger partial charge in [0.15, 0.2) is 0 Å². The topological polar surface area (TPSA) is 113 Å². The number of aliphatic hydroxyl groups is 1. The van der Waals surface area contributed by atoms with E-state index < -0.39 is 33.7 Å². The summed E-state index contributed by atoms with van der Waals surface area (Å²) in [5.41, 5.74) is -1.09. The lowest BCUT2D eigenvalue weighted by Gasteiger charge is -2.31. The van der Waals surface area contributed by atoms with Crippen LogP contribution in [-0.4, -0.2) is 65.3 Å². The van der Waals surface area contributed by atoms with Crippen molar-refractivity contribution in [3.63, 3.8) is 0 Å². The van der Waals surface area contributed by atoms with Crippen molar-refractivity contribution in [1.29, 1.82) is 0 Å². The van der Waals surface area contributed by atoms with E-state index in [0.717, 1.165) is 12.7 Å². The van der Waals surface area contributed by atoms with Crippen molar-refractivity contribution < 1.29 is 27.9 Å². The third-order valence-electron chi connectivity index (χ3n) is 5.34. The maximum atomic E-state index is 12.4. The Morgan fingerprint density at radius 1 is 1.23 bits per heavy atom. The predicted octanol–water partition coefficient (Wildman–Crippen LogP) is 2.68. The molecular formula is C20H39IN2O6S. The Hall–Kier alpha value is -0.460. The van der Waals surface area contributed by atoms with Gasteiger partial charge in [0.1, 0.15) is 0 Å². The fraction of sp³-hybridized carbons (Fsp3) is 0.900. The molecule has 8 nitrogen and oxygen atoms in total. The van der Waals surface area contributed by atoms with Crippen LogP contribution < -0.4 is 5.32 Å². The van der Waals surface area contributed by atoms with Gasteiger partial charge in [-0.3, -0.25) is 9.59 Å². The normalized spacial score (nSPS) is 16.6. The zero-order valence-corrected chi connectivity index (χ0v) is 22.2. The summed E-state index contributed by atoms with van der Waals surface area (Å²) < 4.78 is 31.0. The van der Waals surface area contributed by atoms with E-state index in [1.54, 1.807) is 27.7 Å². The van der Waals surface area contributed by atoms with Gasteiger partial charge in [-0.15, -0.1) is 0 Å². The second-order valence-electron chi connectivity index (χ2n) is 8.27. The SMILES string of the molecule is CCOC(=O)C(C)(C)C(O)CCCN(C(C)NC(=O)CC(CC)C(C)I)S(C)(=O)=O. The largest absolute Gasteiger partial charge is 0.466 e. The lowest BCUT2D eigenvalue weighted by atomic mass is 9.84. The van der Waals surface area contributed by atoms with Gasteiger partial charge in [-0.2, -0.15) is 4.31 Å². The van der Waals surface area contributed by atoms with Crippen molar-refractivity contribution in [2.45, 2.75) is 83.4 Å². The highest BCUT2D eigenvalue weighted by Gasteiger charge is 2.37. The van der Waals surface area contributed by atoms with Crippen LogP contribution in [0.5, 0.6) is 0 Å². The number of aliphatic hydroxyl groups excluding tert-OH is 1. The second-order valence-corrected chi connectivity index (χ2v) is 12.2. The highest BCUT2D eigenvalue weighted by Crippen LogP contribution is 2.26. The molecule has 178 valence electrons. The number of esters is 1. The molecule has 0 saturated heterocycles. The van der Waals surface area contributed by atoms with Gasteiger partial charge in [-0.25, -0.2) is 8.42 Å². The van der Waals surface area contributed by atoms with E-state index in [0.29, 0.717) is 16.8 Å². The maximum absolute atomic E-state index is 12.4. The van der Waals surface area contributed by atoms with E-state index >= 15 is 0 Å². The molecule has 0 bridgehead atoms. The maximum Gasteiger partial charge on any atom is 0.314 e. The van der Waals surface area contributed by atoms with Crippen molar-refractivity contribution in [3.8, 4) is 0 Å². The van der Waals surface area contributed by atoms with E-state index in [4.69, 9.17) is 4.74 Å². The summed E-state index contributed by atoms with van der Waals surface area (Å²) in [6.07, 6.45) is 1.19. The van der Waals surface area contributed by atoms with Crippen molar-refractivity contribution in [1.82, 2.24) is 9.62 Å². The molecule has 0 aliphatic carbocycles.